The number of aromatic nitrogens is 2. The lowest BCUT2D eigenvalue weighted by Crippen LogP contribution is -2.34. The molecule has 9 nitrogen and oxygen atoms in total. The van der Waals surface area contributed by atoms with Gasteiger partial charge in [-0.2, -0.15) is 5.26 Å². The van der Waals surface area contributed by atoms with Crippen molar-refractivity contribution >= 4 is 40.7 Å². The summed E-state index contributed by atoms with van der Waals surface area (Å²) in [4.78, 5) is 31.5. The summed E-state index contributed by atoms with van der Waals surface area (Å²) in [5.74, 6) is 2.95. The minimum absolute atomic E-state index is 0.00310. The first-order chi connectivity index (χ1) is 14.9. The molecule has 10 heteroatoms. The van der Waals surface area contributed by atoms with Gasteiger partial charge in [0.2, 0.25) is 0 Å². The zero-order valence-electron chi connectivity index (χ0n) is 17.7. The molecular formula is C21H25N7O2S. The summed E-state index contributed by atoms with van der Waals surface area (Å²) < 4.78 is 2.02. The highest BCUT2D eigenvalue weighted by molar-refractivity contribution is 7.07. The van der Waals surface area contributed by atoms with Crippen LogP contribution in [0, 0.1) is 23.7 Å². The lowest BCUT2D eigenvalue weighted by Gasteiger charge is -2.11. The van der Waals surface area contributed by atoms with Crippen molar-refractivity contribution in [2.45, 2.75) is 13.5 Å². The number of hydrogen-bond donors (Lipinski definition) is 3. The lowest BCUT2D eigenvalue weighted by atomic mass is 10.3. The number of nitriles is 1. The van der Waals surface area contributed by atoms with Crippen LogP contribution in [0.5, 0.6) is 0 Å². The second-order valence-electron chi connectivity index (χ2n) is 6.62. The predicted molar refractivity (Wildman–Crippen MR) is 124 cm³/mol. The van der Waals surface area contributed by atoms with E-state index >= 15 is 0 Å². The Balaban J connectivity index is 2.35. The Hall–Kier alpha value is -3.60. The molecule has 1 amide bonds. The normalized spacial score (nSPS) is 12.1. The van der Waals surface area contributed by atoms with Crippen molar-refractivity contribution in [1.29, 1.82) is 5.26 Å². The van der Waals surface area contributed by atoms with Gasteiger partial charge in [-0.15, -0.1) is 17.8 Å². The summed E-state index contributed by atoms with van der Waals surface area (Å²) in [5.41, 5.74) is -0.447. The molecular weight excluding hydrogens is 414 g/mol. The molecule has 0 aliphatic heterocycles. The van der Waals surface area contributed by atoms with Gasteiger partial charge in [0.25, 0.3) is 11.5 Å². The van der Waals surface area contributed by atoms with Gasteiger partial charge in [-0.25, -0.2) is 4.98 Å². The zero-order chi connectivity index (χ0) is 22.8. The van der Waals surface area contributed by atoms with E-state index < -0.39 is 5.91 Å². The standard InChI is InChI=1S/C21H25N7O2S/c1-5-10-24-19(29)15(13-22)21-28(6-2)20(30)16(31-21)14-25-18-9-7-8-17(26-18)23-11-12-27(3)4/h1,7-9,14H,6,10-12H2,2-4H3,(H,24,29)(H2,23,25,26). The fourth-order valence-electron chi connectivity index (χ4n) is 2.57. The maximum atomic E-state index is 12.7. The Morgan fingerprint density at radius 2 is 2.13 bits per heavy atom. The van der Waals surface area contributed by atoms with Crippen molar-refractivity contribution in [3.63, 3.8) is 0 Å². The van der Waals surface area contributed by atoms with Crippen LogP contribution in [0.15, 0.2) is 23.0 Å². The SMILES string of the molecule is C#CCNC(=O)C(C#N)=c1sc(=CNc2cccc(NCCN(C)C)n2)c(=O)n1CC. The number of pyridine rings is 1. The van der Waals surface area contributed by atoms with E-state index in [1.165, 1.54) is 10.8 Å². The molecule has 0 saturated carbocycles. The van der Waals surface area contributed by atoms with E-state index in [1.807, 2.05) is 32.3 Å². The number of terminal acetylenes is 1. The van der Waals surface area contributed by atoms with E-state index in [4.69, 9.17) is 6.42 Å². The smallest absolute Gasteiger partial charge is 0.270 e. The summed E-state index contributed by atoms with van der Waals surface area (Å²) >= 11 is 1.06. The Morgan fingerprint density at radius 3 is 2.77 bits per heavy atom. The van der Waals surface area contributed by atoms with Gasteiger partial charge < -0.3 is 20.9 Å². The van der Waals surface area contributed by atoms with Gasteiger partial charge in [0.05, 0.1) is 6.54 Å². The second-order valence-corrected chi connectivity index (χ2v) is 7.65. The number of likely N-dealkylation sites (N-methyl/N-ethyl adjacent to an activating group) is 1. The van der Waals surface area contributed by atoms with E-state index in [0.29, 0.717) is 22.7 Å². The number of carbonyl (C=O) groups is 1. The van der Waals surface area contributed by atoms with Crippen LogP contribution in [0.25, 0.3) is 11.8 Å². The molecule has 2 aromatic heterocycles. The molecule has 2 aromatic rings. The largest absolute Gasteiger partial charge is 0.369 e. The topological polar surface area (TPSA) is 115 Å². The molecule has 2 heterocycles. The van der Waals surface area contributed by atoms with Gasteiger partial charge in [-0.3, -0.25) is 14.2 Å². The second kappa shape index (κ2) is 11.6. The van der Waals surface area contributed by atoms with Gasteiger partial charge in [0.15, 0.2) is 5.57 Å². The molecule has 0 bridgehead atoms. The minimum Gasteiger partial charge on any atom is -0.369 e. The maximum absolute atomic E-state index is 12.7. The zero-order valence-corrected chi connectivity index (χ0v) is 18.5. The molecule has 0 fully saturated rings. The molecule has 0 unspecified atom stereocenters. The molecule has 0 saturated heterocycles. The van der Waals surface area contributed by atoms with E-state index in [9.17, 15) is 14.9 Å². The Bertz CT molecular complexity index is 1180. The summed E-state index contributed by atoms with van der Waals surface area (Å²) in [6.45, 7) is 3.70. The summed E-state index contributed by atoms with van der Waals surface area (Å²) in [5, 5.41) is 18.2. The molecule has 31 heavy (non-hydrogen) atoms. The van der Waals surface area contributed by atoms with Crippen LogP contribution in [0.4, 0.5) is 11.6 Å². The van der Waals surface area contributed by atoms with Gasteiger partial charge in [0.1, 0.15) is 26.9 Å². The van der Waals surface area contributed by atoms with Crippen molar-refractivity contribution in [2.24, 2.45) is 0 Å². The van der Waals surface area contributed by atoms with E-state index in [-0.39, 0.29) is 22.3 Å². The van der Waals surface area contributed by atoms with Crippen LogP contribution in [0.1, 0.15) is 6.92 Å². The third-order valence-electron chi connectivity index (χ3n) is 4.09. The van der Waals surface area contributed by atoms with Gasteiger partial charge in [-0.1, -0.05) is 12.0 Å². The minimum atomic E-state index is -0.610. The van der Waals surface area contributed by atoms with E-state index in [0.717, 1.165) is 24.4 Å². The van der Waals surface area contributed by atoms with Gasteiger partial charge >= 0.3 is 0 Å². The molecule has 3 N–H and O–H groups in total. The summed E-state index contributed by atoms with van der Waals surface area (Å²) in [6, 6.07) is 7.37. The van der Waals surface area contributed by atoms with Crippen molar-refractivity contribution in [3.8, 4) is 18.4 Å². The number of amides is 1. The Kier molecular flexibility index (Phi) is 8.82. The van der Waals surface area contributed by atoms with Crippen molar-refractivity contribution in [1.82, 2.24) is 19.8 Å². The lowest BCUT2D eigenvalue weighted by molar-refractivity contribution is -0.115. The highest BCUT2D eigenvalue weighted by Crippen LogP contribution is 2.08. The molecule has 162 valence electrons. The highest BCUT2D eigenvalue weighted by atomic mass is 32.1. The van der Waals surface area contributed by atoms with Crippen LogP contribution in [-0.4, -0.2) is 54.1 Å². The average Bonchev–Trinajstić information content (AvgIpc) is 3.06. The number of rotatable bonds is 9. The molecule has 0 atom stereocenters. The number of hydrogen-bond acceptors (Lipinski definition) is 8. The number of anilines is 2. The third-order valence-corrected chi connectivity index (χ3v) is 5.22. The van der Waals surface area contributed by atoms with Crippen LogP contribution in [0.3, 0.4) is 0 Å². The first kappa shape index (κ1) is 23.7. The Morgan fingerprint density at radius 1 is 1.39 bits per heavy atom. The fourth-order valence-corrected chi connectivity index (χ4v) is 3.65. The van der Waals surface area contributed by atoms with Crippen LogP contribution >= 0.6 is 11.3 Å². The van der Waals surface area contributed by atoms with Gasteiger partial charge in [-0.05, 0) is 33.2 Å². The van der Waals surface area contributed by atoms with Crippen LogP contribution in [-0.2, 0) is 11.3 Å². The molecule has 0 radical (unpaired) electrons. The quantitative estimate of drug-likeness (QED) is 0.454. The number of carbonyl (C=O) groups excluding carboxylic acids is 1. The summed E-state index contributed by atoms with van der Waals surface area (Å²) in [6.07, 6.45) is 6.68. The third kappa shape index (κ3) is 6.44. The maximum Gasteiger partial charge on any atom is 0.270 e. The molecule has 0 aromatic carbocycles. The van der Waals surface area contributed by atoms with Crippen molar-refractivity contribution in [2.75, 3.05) is 44.4 Å². The number of nitrogens with one attached hydrogen (secondary N) is 3. The highest BCUT2D eigenvalue weighted by Gasteiger charge is 2.14. The molecule has 2 rings (SSSR count). The van der Waals surface area contributed by atoms with E-state index in [2.05, 4.69) is 31.8 Å². The average molecular weight is 440 g/mol. The number of nitrogens with zero attached hydrogens (tertiary/aromatic N) is 4. The van der Waals surface area contributed by atoms with Crippen LogP contribution in [0.2, 0.25) is 0 Å². The first-order valence-electron chi connectivity index (χ1n) is 9.59. The van der Waals surface area contributed by atoms with Gasteiger partial charge in [0, 0.05) is 25.8 Å². The monoisotopic (exact) mass is 439 g/mol. The van der Waals surface area contributed by atoms with Crippen molar-refractivity contribution < 1.29 is 4.79 Å². The first-order valence-corrected chi connectivity index (χ1v) is 10.4. The van der Waals surface area contributed by atoms with E-state index in [1.54, 1.807) is 13.0 Å². The molecule has 0 spiro atoms. The number of thiazole rings is 1. The van der Waals surface area contributed by atoms with Crippen molar-refractivity contribution in [3.05, 3.63) is 37.7 Å². The Labute approximate surface area is 184 Å². The summed E-state index contributed by atoms with van der Waals surface area (Å²) in [7, 11) is 3.99. The molecule has 0 aliphatic carbocycles. The molecule has 0 aliphatic rings. The predicted octanol–water partition coefficient (Wildman–Crippen LogP) is -0.428. The fraction of sp³-hybridized carbons (Fsp3) is 0.333. The van der Waals surface area contributed by atoms with Crippen LogP contribution < -0.4 is 30.7 Å².